The van der Waals surface area contributed by atoms with Crippen molar-refractivity contribution in [3.63, 3.8) is 0 Å². The number of benzene rings is 1. The molecule has 2 rings (SSSR count). The first-order valence-corrected chi connectivity index (χ1v) is 7.27. The average molecular weight is 295 g/mol. The zero-order valence-corrected chi connectivity index (χ0v) is 12.6. The Morgan fingerprint density at radius 3 is 2.60 bits per heavy atom. The SMILES string of the molecule is CCNC(c1cc(F)ccc1OC)c1sccc1OC. The molecule has 5 heteroatoms. The van der Waals surface area contributed by atoms with Crippen molar-refractivity contribution in [3.8, 4) is 11.5 Å². The molecule has 0 bridgehead atoms. The topological polar surface area (TPSA) is 30.5 Å². The van der Waals surface area contributed by atoms with Gasteiger partial charge in [-0.05, 0) is 36.2 Å². The Hall–Kier alpha value is -1.59. The van der Waals surface area contributed by atoms with Crippen LogP contribution in [0.25, 0.3) is 0 Å². The quantitative estimate of drug-likeness (QED) is 0.883. The van der Waals surface area contributed by atoms with Crippen molar-refractivity contribution in [3.05, 3.63) is 45.9 Å². The van der Waals surface area contributed by atoms with Gasteiger partial charge in [-0.1, -0.05) is 6.92 Å². The lowest BCUT2D eigenvalue weighted by molar-refractivity contribution is 0.395. The largest absolute Gasteiger partial charge is 0.496 e. The van der Waals surface area contributed by atoms with Crippen molar-refractivity contribution in [1.29, 1.82) is 0 Å². The van der Waals surface area contributed by atoms with Crippen LogP contribution in [0, 0.1) is 5.82 Å². The van der Waals surface area contributed by atoms with E-state index in [1.165, 1.54) is 12.1 Å². The number of hydrogen-bond acceptors (Lipinski definition) is 4. The summed E-state index contributed by atoms with van der Waals surface area (Å²) in [4.78, 5) is 1.01. The summed E-state index contributed by atoms with van der Waals surface area (Å²) in [7, 11) is 3.22. The molecular weight excluding hydrogens is 277 g/mol. The van der Waals surface area contributed by atoms with Crippen molar-refractivity contribution in [1.82, 2.24) is 5.32 Å². The first-order valence-electron chi connectivity index (χ1n) is 6.39. The number of thiophene rings is 1. The molecule has 20 heavy (non-hydrogen) atoms. The van der Waals surface area contributed by atoms with E-state index in [-0.39, 0.29) is 11.9 Å². The molecule has 1 atom stereocenters. The minimum Gasteiger partial charge on any atom is -0.496 e. The van der Waals surface area contributed by atoms with Gasteiger partial charge in [-0.2, -0.15) is 0 Å². The third-order valence-corrected chi connectivity index (χ3v) is 4.01. The molecule has 1 heterocycles. The number of ether oxygens (including phenoxy) is 2. The highest BCUT2D eigenvalue weighted by Gasteiger charge is 2.22. The van der Waals surface area contributed by atoms with E-state index in [4.69, 9.17) is 9.47 Å². The molecule has 108 valence electrons. The van der Waals surface area contributed by atoms with Gasteiger partial charge in [0.05, 0.1) is 25.1 Å². The highest BCUT2D eigenvalue weighted by Crippen LogP contribution is 2.38. The molecule has 0 amide bonds. The van der Waals surface area contributed by atoms with Gasteiger partial charge < -0.3 is 14.8 Å². The summed E-state index contributed by atoms with van der Waals surface area (Å²) in [5, 5.41) is 5.32. The molecule has 0 saturated heterocycles. The number of hydrogen-bond donors (Lipinski definition) is 1. The van der Waals surface area contributed by atoms with Crippen molar-refractivity contribution < 1.29 is 13.9 Å². The predicted molar refractivity (Wildman–Crippen MR) is 79.3 cm³/mol. The first kappa shape index (κ1) is 14.8. The van der Waals surface area contributed by atoms with Gasteiger partial charge in [0.25, 0.3) is 0 Å². The van der Waals surface area contributed by atoms with Crippen LogP contribution in [0.5, 0.6) is 11.5 Å². The van der Waals surface area contributed by atoms with Crippen molar-refractivity contribution >= 4 is 11.3 Å². The summed E-state index contributed by atoms with van der Waals surface area (Å²) in [5.41, 5.74) is 0.773. The minimum absolute atomic E-state index is 0.152. The molecule has 0 fully saturated rings. The van der Waals surface area contributed by atoms with E-state index in [1.54, 1.807) is 31.6 Å². The normalized spacial score (nSPS) is 12.2. The average Bonchev–Trinajstić information content (AvgIpc) is 2.93. The van der Waals surface area contributed by atoms with Gasteiger partial charge in [0.1, 0.15) is 17.3 Å². The second kappa shape index (κ2) is 6.72. The summed E-state index contributed by atoms with van der Waals surface area (Å²) in [6, 6.07) is 6.31. The summed E-state index contributed by atoms with van der Waals surface area (Å²) in [6.07, 6.45) is 0. The molecule has 3 nitrogen and oxygen atoms in total. The Bertz CT molecular complexity index is 571. The van der Waals surface area contributed by atoms with Gasteiger partial charge in [-0.25, -0.2) is 4.39 Å². The van der Waals surface area contributed by atoms with Gasteiger partial charge >= 0.3 is 0 Å². The van der Waals surface area contributed by atoms with E-state index >= 15 is 0 Å². The molecule has 1 unspecified atom stereocenters. The third-order valence-electron chi connectivity index (χ3n) is 3.05. The van der Waals surface area contributed by atoms with Gasteiger partial charge in [-0.15, -0.1) is 11.3 Å². The van der Waals surface area contributed by atoms with Gasteiger partial charge in [0.15, 0.2) is 0 Å². The zero-order valence-electron chi connectivity index (χ0n) is 11.8. The monoisotopic (exact) mass is 295 g/mol. The molecule has 1 aromatic carbocycles. The summed E-state index contributed by atoms with van der Waals surface area (Å²) < 4.78 is 24.3. The van der Waals surface area contributed by atoms with E-state index in [0.29, 0.717) is 5.75 Å². The van der Waals surface area contributed by atoms with Crippen LogP contribution in [0.3, 0.4) is 0 Å². The molecule has 0 saturated carbocycles. The number of methoxy groups -OCH3 is 2. The maximum absolute atomic E-state index is 13.6. The third kappa shape index (κ3) is 2.94. The fraction of sp³-hybridized carbons (Fsp3) is 0.333. The highest BCUT2D eigenvalue weighted by atomic mass is 32.1. The van der Waals surface area contributed by atoms with E-state index in [2.05, 4.69) is 5.32 Å². The fourth-order valence-corrected chi connectivity index (χ4v) is 3.12. The van der Waals surface area contributed by atoms with Crippen LogP contribution in [0.4, 0.5) is 4.39 Å². The van der Waals surface area contributed by atoms with Crippen molar-refractivity contribution in [2.45, 2.75) is 13.0 Å². The highest BCUT2D eigenvalue weighted by molar-refractivity contribution is 7.10. The molecule has 0 radical (unpaired) electrons. The van der Waals surface area contributed by atoms with E-state index in [0.717, 1.165) is 22.7 Å². The predicted octanol–water partition coefficient (Wildman–Crippen LogP) is 3.60. The maximum Gasteiger partial charge on any atom is 0.134 e. The van der Waals surface area contributed by atoms with E-state index in [1.807, 2.05) is 18.4 Å². The Kier molecular flexibility index (Phi) is 4.98. The zero-order chi connectivity index (χ0) is 14.5. The van der Waals surface area contributed by atoms with E-state index in [9.17, 15) is 4.39 Å². The molecule has 0 aliphatic heterocycles. The molecule has 1 aromatic heterocycles. The first-order chi connectivity index (χ1) is 9.71. The van der Waals surface area contributed by atoms with Crippen LogP contribution in [0.1, 0.15) is 23.4 Å². The minimum atomic E-state index is -0.278. The smallest absolute Gasteiger partial charge is 0.134 e. The summed E-state index contributed by atoms with van der Waals surface area (Å²) >= 11 is 1.58. The van der Waals surface area contributed by atoms with Crippen LogP contribution in [0.15, 0.2) is 29.6 Å². The fourth-order valence-electron chi connectivity index (χ4n) is 2.17. The van der Waals surface area contributed by atoms with E-state index < -0.39 is 0 Å². The van der Waals surface area contributed by atoms with Crippen LogP contribution in [-0.4, -0.2) is 20.8 Å². The van der Waals surface area contributed by atoms with Crippen LogP contribution >= 0.6 is 11.3 Å². The van der Waals surface area contributed by atoms with Crippen LogP contribution in [-0.2, 0) is 0 Å². The van der Waals surface area contributed by atoms with Crippen LogP contribution < -0.4 is 14.8 Å². The molecular formula is C15H18FNO2S. The van der Waals surface area contributed by atoms with Gasteiger partial charge in [0.2, 0.25) is 0 Å². The molecule has 2 aromatic rings. The Morgan fingerprint density at radius 2 is 1.95 bits per heavy atom. The summed E-state index contributed by atoms with van der Waals surface area (Å²) in [5.74, 6) is 1.18. The lowest BCUT2D eigenvalue weighted by Gasteiger charge is -2.21. The number of rotatable bonds is 6. The Morgan fingerprint density at radius 1 is 1.20 bits per heavy atom. The van der Waals surface area contributed by atoms with Crippen LogP contribution in [0.2, 0.25) is 0 Å². The maximum atomic E-state index is 13.6. The molecule has 0 aliphatic carbocycles. The van der Waals surface area contributed by atoms with Crippen molar-refractivity contribution in [2.24, 2.45) is 0 Å². The van der Waals surface area contributed by atoms with Gasteiger partial charge in [-0.3, -0.25) is 0 Å². The molecule has 0 spiro atoms. The second-order valence-corrected chi connectivity index (χ2v) is 5.18. The molecule has 0 aliphatic rings. The number of halogens is 1. The Labute approximate surface area is 122 Å². The molecule has 1 N–H and O–H groups in total. The second-order valence-electron chi connectivity index (χ2n) is 4.23. The standard InChI is InChI=1S/C15H18FNO2S/c1-4-17-14(15-13(19-3)7-8-20-15)11-9-10(16)5-6-12(11)18-2/h5-9,14,17H,4H2,1-3H3. The Balaban J connectivity index is 2.50. The van der Waals surface area contributed by atoms with Gasteiger partial charge in [0, 0.05) is 5.56 Å². The summed E-state index contributed by atoms with van der Waals surface area (Å²) in [6.45, 7) is 2.77. The lowest BCUT2D eigenvalue weighted by Crippen LogP contribution is -2.22. The lowest BCUT2D eigenvalue weighted by atomic mass is 10.0. The number of nitrogens with one attached hydrogen (secondary N) is 1. The van der Waals surface area contributed by atoms with Crippen molar-refractivity contribution in [2.75, 3.05) is 20.8 Å².